The van der Waals surface area contributed by atoms with Gasteiger partial charge in [0.15, 0.2) is 0 Å². The number of likely N-dealkylation sites (tertiary alicyclic amines) is 1. The molecule has 4 rings (SSSR count). The normalized spacial score (nSPS) is 18.6. The summed E-state index contributed by atoms with van der Waals surface area (Å²) in [6.07, 6.45) is 0.579. The van der Waals surface area contributed by atoms with E-state index in [0.717, 1.165) is 5.56 Å². The molecule has 10 heteroatoms. The highest BCUT2D eigenvalue weighted by Crippen LogP contribution is 2.38. The van der Waals surface area contributed by atoms with Crippen molar-refractivity contribution in [2.45, 2.75) is 30.4 Å². The summed E-state index contributed by atoms with van der Waals surface area (Å²) in [4.78, 5) is 26.6. The van der Waals surface area contributed by atoms with Crippen LogP contribution in [0.15, 0.2) is 53.4 Å². The zero-order valence-corrected chi connectivity index (χ0v) is 19.2. The molecule has 2 fully saturated rings. The molecule has 2 aliphatic heterocycles. The monoisotopic (exact) mass is 477 g/mol. The molecule has 0 aromatic heterocycles. The van der Waals surface area contributed by atoms with Crippen LogP contribution in [0.25, 0.3) is 0 Å². The van der Waals surface area contributed by atoms with Crippen molar-refractivity contribution in [3.63, 3.8) is 0 Å². The first-order valence-corrected chi connectivity index (χ1v) is 12.1. The number of amides is 2. The predicted octanol–water partition coefficient (Wildman–Crippen LogP) is 2.63. The first kappa shape index (κ1) is 22.7. The van der Waals surface area contributed by atoms with E-state index in [1.54, 1.807) is 48.5 Å². The molecule has 0 unspecified atom stereocenters. The molecule has 2 aromatic rings. The smallest absolute Gasteiger partial charge is 0.313 e. The Morgan fingerprint density at radius 3 is 2.25 bits per heavy atom. The molecule has 2 saturated heterocycles. The fraction of sp³-hybridized carbons (Fsp3) is 0.364. The van der Waals surface area contributed by atoms with Gasteiger partial charge in [-0.25, -0.2) is 8.42 Å². The Labute approximate surface area is 192 Å². The quantitative estimate of drug-likeness (QED) is 0.685. The van der Waals surface area contributed by atoms with Gasteiger partial charge in [-0.15, -0.1) is 0 Å². The maximum absolute atomic E-state index is 13.3. The number of anilines is 1. The van der Waals surface area contributed by atoms with Gasteiger partial charge in [-0.05, 0) is 43.3 Å². The zero-order valence-electron chi connectivity index (χ0n) is 17.6. The van der Waals surface area contributed by atoms with Gasteiger partial charge in [0.25, 0.3) is 0 Å². The van der Waals surface area contributed by atoms with Crippen LogP contribution in [0, 0.1) is 6.92 Å². The van der Waals surface area contributed by atoms with Crippen LogP contribution in [-0.2, 0) is 24.3 Å². The lowest BCUT2D eigenvalue weighted by molar-refractivity contribution is -0.148. The van der Waals surface area contributed by atoms with E-state index in [2.05, 4.69) is 5.32 Å². The number of nitrogens with one attached hydrogen (secondary N) is 1. The lowest BCUT2D eigenvalue weighted by atomic mass is 10.0. The molecule has 2 amide bonds. The Morgan fingerprint density at radius 2 is 1.62 bits per heavy atom. The Hall–Kier alpha value is -2.46. The minimum atomic E-state index is -3.75. The summed E-state index contributed by atoms with van der Waals surface area (Å²) in [5.41, 5.74) is 0.434. The van der Waals surface area contributed by atoms with Gasteiger partial charge in [-0.3, -0.25) is 9.59 Å². The Morgan fingerprint density at radius 1 is 1.00 bits per heavy atom. The number of carbonyl (C=O) groups excluding carboxylic acids is 2. The molecule has 1 spiro atoms. The summed E-state index contributed by atoms with van der Waals surface area (Å²) in [6.45, 7) is 2.86. The zero-order chi connectivity index (χ0) is 22.9. The summed E-state index contributed by atoms with van der Waals surface area (Å²) in [5, 5.41) is 3.09. The Kier molecular flexibility index (Phi) is 6.26. The third-order valence-corrected chi connectivity index (χ3v) is 8.07. The highest BCUT2D eigenvalue weighted by molar-refractivity contribution is 7.89. The van der Waals surface area contributed by atoms with E-state index in [4.69, 9.17) is 16.3 Å². The van der Waals surface area contributed by atoms with E-state index in [1.807, 2.05) is 6.92 Å². The van der Waals surface area contributed by atoms with Gasteiger partial charge in [-0.2, -0.15) is 4.31 Å². The highest BCUT2D eigenvalue weighted by Gasteiger charge is 2.51. The third-order valence-electron chi connectivity index (χ3n) is 5.86. The number of halogens is 1. The third kappa shape index (κ3) is 4.38. The predicted molar refractivity (Wildman–Crippen MR) is 120 cm³/mol. The van der Waals surface area contributed by atoms with Gasteiger partial charge in [0.1, 0.15) is 5.72 Å². The van der Waals surface area contributed by atoms with Crippen molar-refractivity contribution in [2.75, 3.05) is 31.6 Å². The Bertz CT molecular complexity index is 1110. The lowest BCUT2D eigenvalue weighted by Crippen LogP contribution is -2.56. The minimum Gasteiger partial charge on any atom is -0.358 e. The Balaban J connectivity index is 1.43. The van der Waals surface area contributed by atoms with Gasteiger partial charge in [0.2, 0.25) is 10.0 Å². The van der Waals surface area contributed by atoms with Crippen LogP contribution in [0.2, 0.25) is 5.02 Å². The molecule has 1 N–H and O–H groups in total. The number of nitrogens with zero attached hydrogens (tertiary/aromatic N) is 2. The van der Waals surface area contributed by atoms with Gasteiger partial charge >= 0.3 is 11.8 Å². The van der Waals surface area contributed by atoms with E-state index in [-0.39, 0.29) is 44.0 Å². The highest BCUT2D eigenvalue weighted by atomic mass is 35.5. The van der Waals surface area contributed by atoms with Crippen LogP contribution in [0.4, 0.5) is 5.69 Å². The maximum Gasteiger partial charge on any atom is 0.313 e. The van der Waals surface area contributed by atoms with E-state index in [1.165, 1.54) is 9.21 Å². The van der Waals surface area contributed by atoms with Gasteiger partial charge in [-0.1, -0.05) is 29.3 Å². The molecular weight excluding hydrogens is 454 g/mol. The number of aryl methyl sites for hydroxylation is 1. The molecule has 0 atom stereocenters. The minimum absolute atomic E-state index is 0.215. The van der Waals surface area contributed by atoms with Crippen LogP contribution in [0.5, 0.6) is 0 Å². The van der Waals surface area contributed by atoms with Crippen LogP contribution in [-0.4, -0.2) is 61.4 Å². The molecule has 2 heterocycles. The van der Waals surface area contributed by atoms with Crippen molar-refractivity contribution in [3.8, 4) is 0 Å². The largest absolute Gasteiger partial charge is 0.358 e. The van der Waals surface area contributed by atoms with Crippen molar-refractivity contribution in [3.05, 3.63) is 59.1 Å². The average Bonchev–Trinajstić information content (AvgIpc) is 3.19. The molecular formula is C22H24ClN3O5S. The maximum atomic E-state index is 13.3. The molecule has 0 saturated carbocycles. The summed E-state index contributed by atoms with van der Waals surface area (Å²) >= 11 is 5.84. The SMILES string of the molecule is Cc1ccc(S(=O)(=O)N2CCOC23CCN(C(=O)C(=O)Nc2ccc(Cl)cc2)CC3)cc1. The standard InChI is InChI=1S/C22H24ClN3O5S/c1-16-2-8-19(9-3-16)32(29,30)26-14-15-31-22(26)10-12-25(13-11-22)21(28)20(27)24-18-6-4-17(23)5-7-18/h2-9H,10-15H2,1H3,(H,24,27). The summed E-state index contributed by atoms with van der Waals surface area (Å²) in [5.74, 6) is -1.42. The fourth-order valence-corrected chi connectivity index (χ4v) is 5.93. The number of ether oxygens (including phenoxy) is 1. The number of hydrogen-bond donors (Lipinski definition) is 1. The molecule has 0 radical (unpaired) electrons. The van der Waals surface area contributed by atoms with E-state index < -0.39 is 27.6 Å². The number of rotatable bonds is 3. The molecule has 170 valence electrons. The van der Waals surface area contributed by atoms with Gasteiger partial charge < -0.3 is 15.0 Å². The molecule has 0 bridgehead atoms. The molecule has 8 nitrogen and oxygen atoms in total. The van der Waals surface area contributed by atoms with Gasteiger partial charge in [0, 0.05) is 43.2 Å². The number of benzene rings is 2. The average molecular weight is 478 g/mol. The molecule has 2 aliphatic rings. The van der Waals surface area contributed by atoms with E-state index >= 15 is 0 Å². The number of hydrogen-bond acceptors (Lipinski definition) is 5. The number of piperidine rings is 1. The second-order valence-corrected chi connectivity index (χ2v) is 10.2. The fourth-order valence-electron chi connectivity index (χ4n) is 4.09. The second kappa shape index (κ2) is 8.82. The second-order valence-electron chi connectivity index (χ2n) is 7.94. The molecule has 0 aliphatic carbocycles. The topological polar surface area (TPSA) is 96.0 Å². The van der Waals surface area contributed by atoms with Crippen molar-refractivity contribution >= 4 is 39.1 Å². The van der Waals surface area contributed by atoms with Crippen molar-refractivity contribution < 1.29 is 22.7 Å². The first-order chi connectivity index (χ1) is 15.2. The lowest BCUT2D eigenvalue weighted by Gasteiger charge is -2.42. The first-order valence-electron chi connectivity index (χ1n) is 10.3. The van der Waals surface area contributed by atoms with Crippen molar-refractivity contribution in [1.29, 1.82) is 0 Å². The number of sulfonamides is 1. The summed E-state index contributed by atoms with van der Waals surface area (Å²) < 4.78 is 33.8. The molecule has 32 heavy (non-hydrogen) atoms. The summed E-state index contributed by atoms with van der Waals surface area (Å²) in [6, 6.07) is 13.2. The molecule has 2 aromatic carbocycles. The van der Waals surface area contributed by atoms with E-state index in [9.17, 15) is 18.0 Å². The van der Waals surface area contributed by atoms with Crippen molar-refractivity contribution in [2.24, 2.45) is 0 Å². The summed E-state index contributed by atoms with van der Waals surface area (Å²) in [7, 11) is -3.75. The number of carbonyl (C=O) groups is 2. The van der Waals surface area contributed by atoms with Crippen molar-refractivity contribution in [1.82, 2.24) is 9.21 Å². The van der Waals surface area contributed by atoms with Gasteiger partial charge in [0.05, 0.1) is 11.5 Å². The van der Waals surface area contributed by atoms with E-state index in [0.29, 0.717) is 10.7 Å². The van der Waals surface area contributed by atoms with Crippen LogP contribution < -0.4 is 5.32 Å². The van der Waals surface area contributed by atoms with Crippen LogP contribution in [0.3, 0.4) is 0 Å². The van der Waals surface area contributed by atoms with Crippen LogP contribution in [0.1, 0.15) is 18.4 Å². The van der Waals surface area contributed by atoms with Crippen LogP contribution >= 0.6 is 11.6 Å².